The van der Waals surface area contributed by atoms with E-state index in [1.165, 1.54) is 10.4 Å². The average Bonchev–Trinajstić information content (AvgIpc) is 3.19. The van der Waals surface area contributed by atoms with Crippen molar-refractivity contribution in [2.75, 3.05) is 30.4 Å². The van der Waals surface area contributed by atoms with Crippen molar-refractivity contribution in [1.82, 2.24) is 9.97 Å². The summed E-state index contributed by atoms with van der Waals surface area (Å²) in [5.41, 5.74) is 2.00. The van der Waals surface area contributed by atoms with Crippen molar-refractivity contribution in [3.8, 4) is 17.2 Å². The van der Waals surface area contributed by atoms with Crippen molar-refractivity contribution < 1.29 is 14.3 Å². The number of nitrogens with zero attached hydrogens (tertiary/aromatic N) is 3. The Bertz CT molecular complexity index is 1340. The number of carbonyl (C=O) groups excluding carboxylic acids is 1. The number of benzene rings is 2. The second-order valence-corrected chi connectivity index (χ2v) is 9.89. The summed E-state index contributed by atoms with van der Waals surface area (Å²) in [5.74, 6) is 3.00. The number of nitrogens with one attached hydrogen (secondary N) is 1. The summed E-state index contributed by atoms with van der Waals surface area (Å²) in [4.78, 5) is 26.6. The van der Waals surface area contributed by atoms with Gasteiger partial charge >= 0.3 is 0 Å². The van der Waals surface area contributed by atoms with Gasteiger partial charge in [-0.15, -0.1) is 11.3 Å². The molecule has 5 rings (SSSR count). The second-order valence-electron chi connectivity index (χ2n) is 8.69. The van der Waals surface area contributed by atoms with Gasteiger partial charge in [0.15, 0.2) is 11.5 Å². The Morgan fingerprint density at radius 3 is 2.46 bits per heavy atom. The smallest absolute Gasteiger partial charge is 0.227 e. The number of methoxy groups -OCH3 is 1. The highest BCUT2D eigenvalue weighted by Crippen LogP contribution is 2.36. The van der Waals surface area contributed by atoms with Crippen LogP contribution in [0.2, 0.25) is 0 Å². The number of amides is 1. The fourth-order valence-corrected chi connectivity index (χ4v) is 5.43. The third-order valence-corrected chi connectivity index (χ3v) is 7.64. The molecule has 2 aromatic carbocycles. The van der Waals surface area contributed by atoms with Crippen LogP contribution in [0.3, 0.4) is 0 Å². The fourth-order valence-electron chi connectivity index (χ4n) is 4.44. The SMILES string of the molecule is COc1ccccc1Oc1ccc(NC(=O)C2CCN(c3ncnc4sc(C)c(C)c34)CC2)cc1. The molecule has 0 atom stereocenters. The zero-order valence-electron chi connectivity index (χ0n) is 20.1. The van der Waals surface area contributed by atoms with Crippen molar-refractivity contribution in [2.45, 2.75) is 26.7 Å². The lowest BCUT2D eigenvalue weighted by atomic mass is 9.95. The molecule has 1 saturated heterocycles. The predicted octanol–water partition coefficient (Wildman–Crippen LogP) is 5.96. The maximum absolute atomic E-state index is 12.9. The number of piperidine rings is 1. The molecule has 1 aliphatic rings. The van der Waals surface area contributed by atoms with Gasteiger partial charge in [0.05, 0.1) is 12.5 Å². The Labute approximate surface area is 208 Å². The lowest BCUT2D eigenvalue weighted by molar-refractivity contribution is -0.120. The lowest BCUT2D eigenvalue weighted by Gasteiger charge is -2.32. The first-order valence-electron chi connectivity index (χ1n) is 11.7. The van der Waals surface area contributed by atoms with E-state index in [0.29, 0.717) is 17.2 Å². The number of carbonyl (C=O) groups is 1. The highest BCUT2D eigenvalue weighted by molar-refractivity contribution is 7.18. The topological polar surface area (TPSA) is 76.6 Å². The Morgan fingerprint density at radius 1 is 1.03 bits per heavy atom. The molecular formula is C27H28N4O3S. The summed E-state index contributed by atoms with van der Waals surface area (Å²) < 4.78 is 11.3. The molecule has 1 N–H and O–H groups in total. The first kappa shape index (κ1) is 23.1. The lowest BCUT2D eigenvalue weighted by Crippen LogP contribution is -2.38. The molecule has 1 fully saturated rings. The number of ether oxygens (including phenoxy) is 2. The van der Waals surface area contributed by atoms with Gasteiger partial charge in [-0.05, 0) is 68.7 Å². The third kappa shape index (κ3) is 4.79. The third-order valence-electron chi connectivity index (χ3n) is 6.53. The van der Waals surface area contributed by atoms with Crippen LogP contribution < -0.4 is 19.7 Å². The summed E-state index contributed by atoms with van der Waals surface area (Å²) >= 11 is 1.71. The molecular weight excluding hydrogens is 460 g/mol. The van der Waals surface area contributed by atoms with Crippen LogP contribution >= 0.6 is 11.3 Å². The summed E-state index contributed by atoms with van der Waals surface area (Å²) in [6.07, 6.45) is 3.22. The van der Waals surface area contributed by atoms with Crippen LogP contribution in [-0.2, 0) is 4.79 Å². The summed E-state index contributed by atoms with van der Waals surface area (Å²) in [6.45, 7) is 5.85. The zero-order chi connectivity index (χ0) is 24.4. The van der Waals surface area contributed by atoms with E-state index in [0.717, 1.165) is 47.7 Å². The van der Waals surface area contributed by atoms with Crippen LogP contribution in [0.1, 0.15) is 23.3 Å². The highest BCUT2D eigenvalue weighted by Gasteiger charge is 2.27. The molecule has 7 nitrogen and oxygen atoms in total. The number of aryl methyl sites for hydroxylation is 2. The van der Waals surface area contributed by atoms with E-state index in [1.54, 1.807) is 24.8 Å². The number of hydrogen-bond acceptors (Lipinski definition) is 7. The quantitative estimate of drug-likeness (QED) is 0.361. The monoisotopic (exact) mass is 488 g/mol. The van der Waals surface area contributed by atoms with Crippen molar-refractivity contribution in [1.29, 1.82) is 0 Å². The van der Waals surface area contributed by atoms with E-state index < -0.39 is 0 Å². The van der Waals surface area contributed by atoms with Gasteiger partial charge < -0.3 is 19.7 Å². The number of thiophene rings is 1. The van der Waals surface area contributed by atoms with Crippen LogP contribution in [0.4, 0.5) is 11.5 Å². The van der Waals surface area contributed by atoms with Crippen molar-refractivity contribution in [3.63, 3.8) is 0 Å². The molecule has 8 heteroatoms. The van der Waals surface area contributed by atoms with Gasteiger partial charge in [-0.25, -0.2) is 9.97 Å². The minimum atomic E-state index is -0.0293. The molecule has 180 valence electrons. The summed E-state index contributed by atoms with van der Waals surface area (Å²) in [5, 5.41) is 4.21. The summed E-state index contributed by atoms with van der Waals surface area (Å²) in [7, 11) is 1.61. The van der Waals surface area contributed by atoms with E-state index in [9.17, 15) is 4.79 Å². The molecule has 4 aromatic rings. The Balaban J connectivity index is 1.19. The molecule has 1 amide bonds. The fraction of sp³-hybridized carbons (Fsp3) is 0.296. The van der Waals surface area contributed by atoms with Gasteiger partial charge in [-0.2, -0.15) is 0 Å². The largest absolute Gasteiger partial charge is 0.493 e. The molecule has 0 aliphatic carbocycles. The number of aromatic nitrogens is 2. The maximum atomic E-state index is 12.9. The van der Waals surface area contributed by atoms with Crippen LogP contribution in [0.5, 0.6) is 17.2 Å². The first-order chi connectivity index (χ1) is 17.0. The molecule has 0 saturated carbocycles. The Kier molecular flexibility index (Phi) is 6.55. The van der Waals surface area contributed by atoms with Gasteiger partial charge in [0.25, 0.3) is 0 Å². The molecule has 0 unspecified atom stereocenters. The number of anilines is 2. The number of fused-ring (bicyclic) bond motifs is 1. The van der Waals surface area contributed by atoms with Crippen molar-refractivity contribution >= 4 is 39.0 Å². The highest BCUT2D eigenvalue weighted by atomic mass is 32.1. The minimum Gasteiger partial charge on any atom is -0.493 e. The van der Waals surface area contributed by atoms with E-state index >= 15 is 0 Å². The second kappa shape index (κ2) is 9.92. The first-order valence-corrected chi connectivity index (χ1v) is 12.5. The molecule has 0 bridgehead atoms. The van der Waals surface area contributed by atoms with E-state index in [2.05, 4.69) is 34.0 Å². The van der Waals surface area contributed by atoms with Gasteiger partial charge in [0.2, 0.25) is 5.91 Å². The molecule has 0 spiro atoms. The van der Waals surface area contributed by atoms with Crippen LogP contribution in [0.15, 0.2) is 54.9 Å². The molecule has 1 aliphatic heterocycles. The Morgan fingerprint density at radius 2 is 1.74 bits per heavy atom. The average molecular weight is 489 g/mol. The Hall–Kier alpha value is -3.65. The molecule has 2 aromatic heterocycles. The molecule has 0 radical (unpaired) electrons. The van der Waals surface area contributed by atoms with Crippen LogP contribution in [0, 0.1) is 19.8 Å². The van der Waals surface area contributed by atoms with Gasteiger partial charge in [-0.1, -0.05) is 12.1 Å². The predicted molar refractivity (Wildman–Crippen MR) is 140 cm³/mol. The minimum absolute atomic E-state index is 0.0293. The van der Waals surface area contributed by atoms with Crippen molar-refractivity contribution in [3.05, 3.63) is 65.3 Å². The standard InChI is InChI=1S/C27H28N4O3S/c1-17-18(2)35-27-24(17)25(28-16-29-27)31-14-12-19(13-15-31)26(32)30-20-8-10-21(11-9-20)34-23-7-5-4-6-22(23)33-3/h4-11,16,19H,12-15H2,1-3H3,(H,30,32). The van der Waals surface area contributed by atoms with Crippen LogP contribution in [0.25, 0.3) is 10.2 Å². The van der Waals surface area contributed by atoms with Crippen LogP contribution in [-0.4, -0.2) is 36.1 Å². The van der Waals surface area contributed by atoms with Gasteiger partial charge in [0, 0.05) is 29.6 Å². The van der Waals surface area contributed by atoms with Gasteiger partial charge in [-0.3, -0.25) is 4.79 Å². The number of para-hydroxylation sites is 2. The van der Waals surface area contributed by atoms with E-state index in [-0.39, 0.29) is 11.8 Å². The van der Waals surface area contributed by atoms with Crippen molar-refractivity contribution in [2.24, 2.45) is 5.92 Å². The molecule has 3 heterocycles. The summed E-state index contributed by atoms with van der Waals surface area (Å²) in [6, 6.07) is 14.9. The number of hydrogen-bond donors (Lipinski definition) is 1. The van der Waals surface area contributed by atoms with E-state index in [1.807, 2.05) is 48.5 Å². The maximum Gasteiger partial charge on any atom is 0.227 e. The van der Waals surface area contributed by atoms with E-state index in [4.69, 9.17) is 9.47 Å². The molecule has 35 heavy (non-hydrogen) atoms. The normalized spacial score (nSPS) is 14.2. The zero-order valence-corrected chi connectivity index (χ0v) is 20.9. The number of rotatable bonds is 6. The van der Waals surface area contributed by atoms with Gasteiger partial charge in [0.1, 0.15) is 22.7 Å².